The molecule has 3 aromatic carbocycles. The molecule has 0 heterocycles. The van der Waals surface area contributed by atoms with Gasteiger partial charge in [0.1, 0.15) is 18.0 Å². The lowest BCUT2D eigenvalue weighted by molar-refractivity contribution is -0.119. The number of carbonyl (C=O) groups excluding carboxylic acids is 1. The van der Waals surface area contributed by atoms with E-state index in [0.29, 0.717) is 29.5 Å². The molecule has 33 heavy (non-hydrogen) atoms. The molecule has 3 aromatic rings. The molecule has 0 radical (unpaired) electrons. The van der Waals surface area contributed by atoms with Gasteiger partial charge in [-0.25, -0.2) is 8.42 Å². The van der Waals surface area contributed by atoms with E-state index < -0.39 is 22.5 Å². The number of hydrogen-bond acceptors (Lipinski definition) is 5. The average Bonchev–Trinajstić information content (AvgIpc) is 2.84. The summed E-state index contributed by atoms with van der Waals surface area (Å²) in [4.78, 5) is 12.9. The fourth-order valence-electron chi connectivity index (χ4n) is 3.19. The van der Waals surface area contributed by atoms with Crippen molar-refractivity contribution in [3.8, 4) is 11.5 Å². The van der Waals surface area contributed by atoms with E-state index in [4.69, 9.17) is 21.1 Å². The molecule has 1 N–H and O–H groups in total. The minimum atomic E-state index is -4.07. The van der Waals surface area contributed by atoms with E-state index in [-0.39, 0.29) is 10.6 Å². The van der Waals surface area contributed by atoms with E-state index in [1.54, 1.807) is 42.5 Å². The molecule has 0 aromatic heterocycles. The minimum Gasteiger partial charge on any atom is -0.497 e. The Labute approximate surface area is 198 Å². The maximum absolute atomic E-state index is 13.5. The number of hydrogen-bond donors (Lipinski definition) is 1. The molecule has 0 aliphatic heterocycles. The standard InChI is InChI=1S/C24H25ClN2O5S/c1-31-20-12-13-23(32-2)22(16-20)27(33(29,30)21-6-4-3-5-7-21)17-24(28)26-15-14-18-8-10-19(25)11-9-18/h3-13,16H,14-15,17H2,1-2H3,(H,26,28). The van der Waals surface area contributed by atoms with Gasteiger partial charge >= 0.3 is 0 Å². The second kappa shape index (κ2) is 11.1. The van der Waals surface area contributed by atoms with Gasteiger partial charge in [0, 0.05) is 17.6 Å². The van der Waals surface area contributed by atoms with Crippen LogP contribution in [-0.2, 0) is 21.2 Å². The first kappa shape index (κ1) is 24.4. The third-order valence-electron chi connectivity index (χ3n) is 4.92. The number of methoxy groups -OCH3 is 2. The number of benzene rings is 3. The summed E-state index contributed by atoms with van der Waals surface area (Å²) >= 11 is 5.90. The molecule has 174 valence electrons. The van der Waals surface area contributed by atoms with Crippen LogP contribution in [0.15, 0.2) is 77.7 Å². The monoisotopic (exact) mass is 488 g/mol. The fourth-order valence-corrected chi connectivity index (χ4v) is 4.77. The lowest BCUT2D eigenvalue weighted by Crippen LogP contribution is -2.41. The van der Waals surface area contributed by atoms with E-state index in [9.17, 15) is 13.2 Å². The highest BCUT2D eigenvalue weighted by molar-refractivity contribution is 7.92. The number of carbonyl (C=O) groups is 1. The lowest BCUT2D eigenvalue weighted by Gasteiger charge is -2.26. The first-order chi connectivity index (χ1) is 15.8. The van der Waals surface area contributed by atoms with Crippen LogP contribution in [-0.4, -0.2) is 41.6 Å². The first-order valence-electron chi connectivity index (χ1n) is 10.2. The summed E-state index contributed by atoms with van der Waals surface area (Å²) in [6, 6.07) is 20.0. The van der Waals surface area contributed by atoms with Gasteiger partial charge in [0.25, 0.3) is 10.0 Å². The highest BCUT2D eigenvalue weighted by Crippen LogP contribution is 2.35. The summed E-state index contributed by atoms with van der Waals surface area (Å²) in [5, 5.41) is 3.42. The molecule has 9 heteroatoms. The van der Waals surface area contributed by atoms with Gasteiger partial charge in [0.05, 0.1) is 24.8 Å². The predicted octanol–water partition coefficient (Wildman–Crippen LogP) is 3.91. The van der Waals surface area contributed by atoms with E-state index in [1.165, 1.54) is 32.4 Å². The molecule has 0 bridgehead atoms. The third-order valence-corrected chi connectivity index (χ3v) is 6.95. The number of sulfonamides is 1. The second-order valence-electron chi connectivity index (χ2n) is 7.09. The first-order valence-corrected chi connectivity index (χ1v) is 12.0. The maximum atomic E-state index is 13.5. The molecule has 3 rings (SSSR count). The van der Waals surface area contributed by atoms with Gasteiger partial charge in [0.2, 0.25) is 5.91 Å². The van der Waals surface area contributed by atoms with Crippen molar-refractivity contribution < 1.29 is 22.7 Å². The summed E-state index contributed by atoms with van der Waals surface area (Å²) in [6.07, 6.45) is 0.580. The number of rotatable bonds is 10. The predicted molar refractivity (Wildman–Crippen MR) is 129 cm³/mol. The van der Waals surface area contributed by atoms with E-state index in [2.05, 4.69) is 5.32 Å². The van der Waals surface area contributed by atoms with Crippen molar-refractivity contribution in [3.63, 3.8) is 0 Å². The molecule has 7 nitrogen and oxygen atoms in total. The zero-order chi connectivity index (χ0) is 23.8. The number of nitrogens with one attached hydrogen (secondary N) is 1. The molecule has 0 saturated heterocycles. The van der Waals surface area contributed by atoms with E-state index in [0.717, 1.165) is 9.87 Å². The molecule has 1 amide bonds. The largest absolute Gasteiger partial charge is 0.497 e. The Morgan fingerprint density at radius 3 is 2.30 bits per heavy atom. The smallest absolute Gasteiger partial charge is 0.264 e. The molecule has 0 aliphatic rings. The fraction of sp³-hybridized carbons (Fsp3) is 0.208. The van der Waals surface area contributed by atoms with Crippen LogP contribution in [0.4, 0.5) is 5.69 Å². The van der Waals surface area contributed by atoms with Crippen LogP contribution in [0.5, 0.6) is 11.5 Å². The van der Waals surface area contributed by atoms with Gasteiger partial charge in [-0.2, -0.15) is 0 Å². The van der Waals surface area contributed by atoms with Gasteiger partial charge in [-0.1, -0.05) is 41.9 Å². The number of nitrogens with zero attached hydrogens (tertiary/aromatic N) is 1. The zero-order valence-corrected chi connectivity index (χ0v) is 19.9. The summed E-state index contributed by atoms with van der Waals surface area (Å²) in [5.41, 5.74) is 1.21. The van der Waals surface area contributed by atoms with Crippen LogP contribution in [0, 0.1) is 0 Å². The molecular formula is C24H25ClN2O5S. The SMILES string of the molecule is COc1ccc(OC)c(N(CC(=O)NCCc2ccc(Cl)cc2)S(=O)(=O)c2ccccc2)c1. The highest BCUT2D eigenvalue weighted by atomic mass is 35.5. The summed E-state index contributed by atoms with van der Waals surface area (Å²) in [6.45, 7) is -0.0870. The molecule has 0 saturated carbocycles. The average molecular weight is 489 g/mol. The molecule has 0 atom stereocenters. The Morgan fingerprint density at radius 2 is 1.67 bits per heavy atom. The number of anilines is 1. The number of amides is 1. The van der Waals surface area contributed by atoms with Gasteiger partial charge in [0.15, 0.2) is 0 Å². The van der Waals surface area contributed by atoms with Crippen molar-refractivity contribution in [1.29, 1.82) is 0 Å². The van der Waals surface area contributed by atoms with Crippen LogP contribution in [0.1, 0.15) is 5.56 Å². The van der Waals surface area contributed by atoms with E-state index in [1.807, 2.05) is 12.1 Å². The van der Waals surface area contributed by atoms with Crippen LogP contribution in [0.3, 0.4) is 0 Å². The molecular weight excluding hydrogens is 464 g/mol. The highest BCUT2D eigenvalue weighted by Gasteiger charge is 2.29. The minimum absolute atomic E-state index is 0.0591. The van der Waals surface area contributed by atoms with Gasteiger partial charge in [-0.15, -0.1) is 0 Å². The normalized spacial score (nSPS) is 11.0. The summed E-state index contributed by atoms with van der Waals surface area (Å²) < 4.78 is 38.7. The Kier molecular flexibility index (Phi) is 8.19. The van der Waals surface area contributed by atoms with Crippen molar-refractivity contribution in [2.45, 2.75) is 11.3 Å². The van der Waals surface area contributed by atoms with Gasteiger partial charge < -0.3 is 14.8 Å². The van der Waals surface area contributed by atoms with Crippen molar-refractivity contribution in [2.24, 2.45) is 0 Å². The van der Waals surface area contributed by atoms with Crippen molar-refractivity contribution >= 4 is 33.2 Å². The summed E-state index contributed by atoms with van der Waals surface area (Å²) in [7, 11) is -1.15. The third kappa shape index (κ3) is 6.18. The van der Waals surface area contributed by atoms with Gasteiger partial charge in [-0.05, 0) is 48.4 Å². The molecule has 0 spiro atoms. The van der Waals surface area contributed by atoms with Gasteiger partial charge in [-0.3, -0.25) is 9.10 Å². The number of ether oxygens (including phenoxy) is 2. The van der Waals surface area contributed by atoms with Crippen LogP contribution in [0.25, 0.3) is 0 Å². The Bertz CT molecular complexity index is 1190. The van der Waals surface area contributed by atoms with Crippen LogP contribution < -0.4 is 19.1 Å². The molecule has 0 aliphatic carbocycles. The molecule has 0 fully saturated rings. The van der Waals surface area contributed by atoms with E-state index >= 15 is 0 Å². The van der Waals surface area contributed by atoms with Crippen LogP contribution in [0.2, 0.25) is 5.02 Å². The number of halogens is 1. The van der Waals surface area contributed by atoms with Crippen molar-refractivity contribution in [1.82, 2.24) is 5.32 Å². The maximum Gasteiger partial charge on any atom is 0.264 e. The summed E-state index contributed by atoms with van der Waals surface area (Å²) in [5.74, 6) is 0.278. The quantitative estimate of drug-likeness (QED) is 0.467. The Hall–Kier alpha value is -3.23. The molecule has 0 unspecified atom stereocenters. The second-order valence-corrected chi connectivity index (χ2v) is 9.39. The van der Waals surface area contributed by atoms with Crippen LogP contribution >= 0.6 is 11.6 Å². The van der Waals surface area contributed by atoms with Crippen molar-refractivity contribution in [3.05, 3.63) is 83.4 Å². The topological polar surface area (TPSA) is 84.9 Å². The Morgan fingerprint density at radius 1 is 0.970 bits per heavy atom. The lowest BCUT2D eigenvalue weighted by atomic mass is 10.1. The van der Waals surface area contributed by atoms with Crippen molar-refractivity contribution in [2.75, 3.05) is 31.6 Å². The zero-order valence-electron chi connectivity index (χ0n) is 18.3. The Balaban J connectivity index is 1.86.